The lowest BCUT2D eigenvalue weighted by atomic mass is 9.99. The molecule has 7 heteroatoms. The molecule has 0 bridgehead atoms. The quantitative estimate of drug-likeness (QED) is 0.747. The van der Waals surface area contributed by atoms with Gasteiger partial charge >= 0.3 is 0 Å². The van der Waals surface area contributed by atoms with E-state index < -0.39 is 0 Å². The standard InChI is InChI=1S/C18H22Cl2N2O2S/c1-12(2)16(23)22-7-8-25-18(22)3-5-21(6-4-18)17(24)13-9-14(19)11-15(20)10-13/h9-12H,3-8H2,1-2H3. The Labute approximate surface area is 162 Å². The summed E-state index contributed by atoms with van der Waals surface area (Å²) in [6.45, 7) is 5.97. The van der Waals surface area contributed by atoms with Crippen molar-refractivity contribution in [3.8, 4) is 0 Å². The highest BCUT2D eigenvalue weighted by atomic mass is 35.5. The maximum absolute atomic E-state index is 12.8. The lowest BCUT2D eigenvalue weighted by molar-refractivity contribution is -0.137. The highest BCUT2D eigenvalue weighted by Gasteiger charge is 2.47. The molecule has 2 amide bonds. The molecule has 2 fully saturated rings. The molecule has 4 nitrogen and oxygen atoms in total. The van der Waals surface area contributed by atoms with E-state index >= 15 is 0 Å². The highest BCUT2D eigenvalue weighted by Crippen LogP contribution is 2.44. The van der Waals surface area contributed by atoms with Crippen molar-refractivity contribution in [2.45, 2.75) is 31.6 Å². The summed E-state index contributed by atoms with van der Waals surface area (Å²) in [6, 6.07) is 4.92. The maximum atomic E-state index is 12.8. The molecular weight excluding hydrogens is 379 g/mol. The van der Waals surface area contributed by atoms with Gasteiger partial charge in [-0.3, -0.25) is 9.59 Å². The Morgan fingerprint density at radius 2 is 1.68 bits per heavy atom. The molecule has 2 aliphatic heterocycles. The molecule has 1 aromatic rings. The molecule has 0 unspecified atom stereocenters. The monoisotopic (exact) mass is 400 g/mol. The second-order valence-electron chi connectivity index (χ2n) is 6.89. The molecule has 0 aliphatic carbocycles. The molecule has 2 aliphatic rings. The van der Waals surface area contributed by atoms with Gasteiger partial charge < -0.3 is 9.80 Å². The molecule has 1 aromatic carbocycles. The van der Waals surface area contributed by atoms with Crippen LogP contribution in [0.3, 0.4) is 0 Å². The molecule has 0 radical (unpaired) electrons. The van der Waals surface area contributed by atoms with E-state index in [9.17, 15) is 9.59 Å². The number of rotatable bonds is 2. The van der Waals surface area contributed by atoms with Gasteiger partial charge in [0.05, 0.1) is 4.87 Å². The van der Waals surface area contributed by atoms with Crippen LogP contribution in [0.25, 0.3) is 0 Å². The smallest absolute Gasteiger partial charge is 0.253 e. The van der Waals surface area contributed by atoms with Gasteiger partial charge in [0.25, 0.3) is 5.91 Å². The van der Waals surface area contributed by atoms with E-state index in [1.807, 2.05) is 35.4 Å². The maximum Gasteiger partial charge on any atom is 0.253 e. The van der Waals surface area contributed by atoms with E-state index in [-0.39, 0.29) is 22.6 Å². The molecule has 0 N–H and O–H groups in total. The van der Waals surface area contributed by atoms with E-state index in [0.29, 0.717) is 28.7 Å². The third kappa shape index (κ3) is 3.79. The number of hydrogen-bond donors (Lipinski definition) is 0. The Hall–Kier alpha value is -0.910. The van der Waals surface area contributed by atoms with E-state index in [2.05, 4.69) is 0 Å². The lowest BCUT2D eigenvalue weighted by Crippen LogP contribution is -2.54. The number of nitrogens with zero attached hydrogens (tertiary/aromatic N) is 2. The van der Waals surface area contributed by atoms with Crippen LogP contribution in [0.4, 0.5) is 0 Å². The molecule has 3 rings (SSSR count). The molecule has 136 valence electrons. The third-order valence-corrected chi connectivity index (χ3v) is 6.87. The van der Waals surface area contributed by atoms with Crippen molar-refractivity contribution < 1.29 is 9.59 Å². The van der Waals surface area contributed by atoms with E-state index in [1.54, 1.807) is 18.2 Å². The topological polar surface area (TPSA) is 40.6 Å². The van der Waals surface area contributed by atoms with Crippen molar-refractivity contribution >= 4 is 46.8 Å². The average molecular weight is 401 g/mol. The summed E-state index contributed by atoms with van der Waals surface area (Å²) in [6.07, 6.45) is 1.60. The van der Waals surface area contributed by atoms with Gasteiger partial charge in [-0.05, 0) is 31.0 Å². The fourth-order valence-corrected chi connectivity index (χ4v) is 5.55. The summed E-state index contributed by atoms with van der Waals surface area (Å²) in [5.74, 6) is 1.13. The first-order valence-electron chi connectivity index (χ1n) is 8.53. The van der Waals surface area contributed by atoms with Gasteiger partial charge in [-0.1, -0.05) is 37.0 Å². The Morgan fingerprint density at radius 3 is 2.24 bits per heavy atom. The lowest BCUT2D eigenvalue weighted by Gasteiger charge is -2.44. The minimum absolute atomic E-state index is 0.00355. The SMILES string of the molecule is CC(C)C(=O)N1CCSC12CCN(C(=O)c1cc(Cl)cc(Cl)c1)CC2. The van der Waals surface area contributed by atoms with Gasteiger partial charge in [0, 0.05) is 46.9 Å². The molecule has 0 atom stereocenters. The summed E-state index contributed by atoms with van der Waals surface area (Å²) < 4.78 is 0. The Kier molecular flexibility index (Phi) is 5.57. The van der Waals surface area contributed by atoms with Crippen LogP contribution in [0.15, 0.2) is 18.2 Å². The first-order chi connectivity index (χ1) is 11.8. The van der Waals surface area contributed by atoms with Crippen LogP contribution in [0, 0.1) is 5.92 Å². The van der Waals surface area contributed by atoms with Crippen LogP contribution in [-0.4, -0.2) is 51.9 Å². The second-order valence-corrected chi connectivity index (χ2v) is 9.22. The van der Waals surface area contributed by atoms with E-state index in [0.717, 1.165) is 25.1 Å². The van der Waals surface area contributed by atoms with Crippen LogP contribution in [0.2, 0.25) is 10.0 Å². The van der Waals surface area contributed by atoms with Crippen LogP contribution in [-0.2, 0) is 4.79 Å². The Bertz CT molecular complexity index is 667. The molecule has 2 heterocycles. The van der Waals surface area contributed by atoms with Crippen LogP contribution < -0.4 is 0 Å². The van der Waals surface area contributed by atoms with Gasteiger partial charge in [-0.25, -0.2) is 0 Å². The van der Waals surface area contributed by atoms with Crippen molar-refractivity contribution in [3.63, 3.8) is 0 Å². The van der Waals surface area contributed by atoms with Gasteiger partial charge in [0.2, 0.25) is 5.91 Å². The second kappa shape index (κ2) is 7.37. The zero-order chi connectivity index (χ0) is 18.2. The van der Waals surface area contributed by atoms with Crippen molar-refractivity contribution in [2.24, 2.45) is 5.92 Å². The molecular formula is C18H22Cl2N2O2S. The van der Waals surface area contributed by atoms with Gasteiger partial charge in [-0.2, -0.15) is 0 Å². The normalized spacial score (nSPS) is 19.7. The summed E-state index contributed by atoms with van der Waals surface area (Å²) in [7, 11) is 0. The summed E-state index contributed by atoms with van der Waals surface area (Å²) in [4.78, 5) is 29.0. The minimum atomic E-state index is -0.149. The van der Waals surface area contributed by atoms with Crippen LogP contribution in [0.1, 0.15) is 37.0 Å². The van der Waals surface area contributed by atoms with Gasteiger partial charge in [-0.15, -0.1) is 11.8 Å². The fourth-order valence-electron chi connectivity index (χ4n) is 3.56. The number of thioether (sulfide) groups is 1. The number of halogens is 2. The number of piperidine rings is 1. The first-order valence-corrected chi connectivity index (χ1v) is 10.3. The first kappa shape index (κ1) is 18.9. The van der Waals surface area contributed by atoms with Crippen molar-refractivity contribution in [1.29, 1.82) is 0 Å². The van der Waals surface area contributed by atoms with Crippen molar-refractivity contribution in [2.75, 3.05) is 25.4 Å². The summed E-state index contributed by atoms with van der Waals surface area (Å²) >= 11 is 13.9. The average Bonchev–Trinajstić information content (AvgIpc) is 2.96. The van der Waals surface area contributed by atoms with Gasteiger partial charge in [0.15, 0.2) is 0 Å². The summed E-state index contributed by atoms with van der Waals surface area (Å²) in [5, 5.41) is 0.925. The van der Waals surface area contributed by atoms with Crippen LogP contribution in [0.5, 0.6) is 0 Å². The molecule has 2 saturated heterocycles. The van der Waals surface area contributed by atoms with Gasteiger partial charge in [0.1, 0.15) is 0 Å². The van der Waals surface area contributed by atoms with Crippen molar-refractivity contribution in [3.05, 3.63) is 33.8 Å². The van der Waals surface area contributed by atoms with E-state index in [1.165, 1.54) is 0 Å². The minimum Gasteiger partial charge on any atom is -0.338 e. The largest absolute Gasteiger partial charge is 0.338 e. The Morgan fingerprint density at radius 1 is 1.08 bits per heavy atom. The zero-order valence-electron chi connectivity index (χ0n) is 14.4. The number of carbonyl (C=O) groups excluding carboxylic acids is 2. The predicted molar refractivity (Wildman–Crippen MR) is 103 cm³/mol. The summed E-state index contributed by atoms with van der Waals surface area (Å²) in [5.41, 5.74) is 0.516. The molecule has 25 heavy (non-hydrogen) atoms. The van der Waals surface area contributed by atoms with E-state index in [4.69, 9.17) is 23.2 Å². The number of likely N-dealkylation sites (tertiary alicyclic amines) is 1. The zero-order valence-corrected chi connectivity index (χ0v) is 16.8. The molecule has 0 aromatic heterocycles. The molecule has 1 spiro atoms. The third-order valence-electron chi connectivity index (χ3n) is 4.88. The van der Waals surface area contributed by atoms with Crippen molar-refractivity contribution in [1.82, 2.24) is 9.80 Å². The highest BCUT2D eigenvalue weighted by molar-refractivity contribution is 8.00. The number of amides is 2. The fraction of sp³-hybridized carbons (Fsp3) is 0.556. The number of hydrogen-bond acceptors (Lipinski definition) is 3. The molecule has 0 saturated carbocycles. The Balaban J connectivity index is 1.71. The predicted octanol–water partition coefficient (Wildman–Crippen LogP) is 4.16. The van der Waals surface area contributed by atoms with Crippen LogP contribution >= 0.6 is 35.0 Å². The number of benzene rings is 1. The number of carbonyl (C=O) groups is 2.